The molecule has 26 heavy (non-hydrogen) atoms. The Kier molecular flexibility index (Phi) is 4.53. The minimum Gasteiger partial charge on any atom is -0.496 e. The Hall–Kier alpha value is -3.48. The molecule has 7 nitrogen and oxygen atoms in total. The molecule has 0 unspecified atom stereocenters. The molecular weight excluding hydrogens is 336 g/mol. The lowest BCUT2D eigenvalue weighted by atomic mass is 10.1. The van der Waals surface area contributed by atoms with Gasteiger partial charge in [-0.15, -0.1) is 0 Å². The van der Waals surface area contributed by atoms with Crippen LogP contribution in [0.15, 0.2) is 42.5 Å². The van der Waals surface area contributed by atoms with Crippen LogP contribution >= 0.6 is 0 Å². The molecule has 132 valence electrons. The van der Waals surface area contributed by atoms with E-state index in [1.807, 2.05) is 25.1 Å². The van der Waals surface area contributed by atoms with Crippen LogP contribution in [0.1, 0.15) is 21.6 Å². The summed E-state index contributed by atoms with van der Waals surface area (Å²) in [6, 6.07) is 11.4. The first-order valence-corrected chi connectivity index (χ1v) is 7.81. The molecule has 1 aromatic heterocycles. The molecule has 0 fully saturated rings. The van der Waals surface area contributed by atoms with E-state index in [2.05, 4.69) is 4.98 Å². The third-order valence-electron chi connectivity index (χ3n) is 3.95. The molecule has 3 rings (SSSR count). The Morgan fingerprint density at radius 2 is 1.88 bits per heavy atom. The fourth-order valence-electron chi connectivity index (χ4n) is 2.61. The van der Waals surface area contributed by atoms with E-state index in [1.54, 1.807) is 13.0 Å². The van der Waals surface area contributed by atoms with Crippen LogP contribution in [0.25, 0.3) is 10.9 Å². The SMILES string of the molecule is COc1ccc(OC(=O)c2cc3cc(C)ccc3nc2C)c([N+](=O)[O-])c1. The van der Waals surface area contributed by atoms with Crippen LogP contribution in [-0.4, -0.2) is 23.0 Å². The van der Waals surface area contributed by atoms with E-state index in [1.165, 1.54) is 25.3 Å². The van der Waals surface area contributed by atoms with Gasteiger partial charge in [0.2, 0.25) is 5.75 Å². The topological polar surface area (TPSA) is 91.6 Å². The molecule has 0 N–H and O–H groups in total. The average Bonchev–Trinajstić information content (AvgIpc) is 2.61. The molecule has 0 atom stereocenters. The van der Waals surface area contributed by atoms with Crippen LogP contribution in [0, 0.1) is 24.0 Å². The van der Waals surface area contributed by atoms with E-state index in [-0.39, 0.29) is 17.0 Å². The maximum Gasteiger partial charge on any atom is 0.345 e. The molecule has 0 aliphatic carbocycles. The van der Waals surface area contributed by atoms with Crippen molar-refractivity contribution in [3.63, 3.8) is 0 Å². The Balaban J connectivity index is 1.99. The van der Waals surface area contributed by atoms with Crippen molar-refractivity contribution >= 4 is 22.6 Å². The third-order valence-corrected chi connectivity index (χ3v) is 3.95. The van der Waals surface area contributed by atoms with Crippen molar-refractivity contribution < 1.29 is 19.2 Å². The second kappa shape index (κ2) is 6.79. The van der Waals surface area contributed by atoms with Gasteiger partial charge in [-0.1, -0.05) is 11.6 Å². The molecule has 0 saturated carbocycles. The number of nitrogens with zero attached hydrogens (tertiary/aromatic N) is 2. The van der Waals surface area contributed by atoms with Crippen molar-refractivity contribution in [3.05, 3.63) is 69.4 Å². The quantitative estimate of drug-likeness (QED) is 0.305. The van der Waals surface area contributed by atoms with E-state index in [0.717, 1.165) is 16.5 Å². The van der Waals surface area contributed by atoms with Crippen molar-refractivity contribution in [2.75, 3.05) is 7.11 Å². The fraction of sp³-hybridized carbons (Fsp3) is 0.158. The predicted molar refractivity (Wildman–Crippen MR) is 95.8 cm³/mol. The summed E-state index contributed by atoms with van der Waals surface area (Å²) >= 11 is 0. The maximum absolute atomic E-state index is 12.6. The summed E-state index contributed by atoms with van der Waals surface area (Å²) in [6.45, 7) is 3.64. The number of carbonyl (C=O) groups excluding carboxylic acids is 1. The molecular formula is C19H16N2O5. The molecule has 7 heteroatoms. The molecule has 0 aliphatic rings. The van der Waals surface area contributed by atoms with Gasteiger partial charge in [0.05, 0.1) is 34.9 Å². The Bertz CT molecular complexity index is 1030. The summed E-state index contributed by atoms with van der Waals surface area (Å²) in [5.41, 5.74) is 2.20. The number of fused-ring (bicyclic) bond motifs is 1. The second-order valence-electron chi connectivity index (χ2n) is 5.80. The number of pyridine rings is 1. The summed E-state index contributed by atoms with van der Waals surface area (Å²) in [5, 5.41) is 12.0. The molecule has 0 amide bonds. The first kappa shape index (κ1) is 17.3. The van der Waals surface area contributed by atoms with Gasteiger partial charge in [0.25, 0.3) is 0 Å². The van der Waals surface area contributed by atoms with E-state index in [0.29, 0.717) is 11.4 Å². The number of ether oxygens (including phenoxy) is 2. The standard InChI is InChI=1S/C19H16N2O5/c1-11-4-6-16-13(8-11)9-15(12(2)20-16)19(22)26-18-7-5-14(25-3)10-17(18)21(23)24/h4-10H,1-3H3. The minimum atomic E-state index is -0.702. The molecule has 2 aromatic carbocycles. The normalized spacial score (nSPS) is 10.6. The molecule has 0 radical (unpaired) electrons. The summed E-state index contributed by atoms with van der Waals surface area (Å²) in [7, 11) is 1.40. The lowest BCUT2D eigenvalue weighted by molar-refractivity contribution is -0.385. The second-order valence-corrected chi connectivity index (χ2v) is 5.80. The van der Waals surface area contributed by atoms with Crippen LogP contribution in [-0.2, 0) is 0 Å². The van der Waals surface area contributed by atoms with E-state index >= 15 is 0 Å². The smallest absolute Gasteiger partial charge is 0.345 e. The zero-order valence-corrected chi connectivity index (χ0v) is 14.5. The van der Waals surface area contributed by atoms with Gasteiger partial charge in [-0.2, -0.15) is 0 Å². The first-order valence-electron chi connectivity index (χ1n) is 7.81. The third kappa shape index (κ3) is 3.32. The largest absolute Gasteiger partial charge is 0.496 e. The highest BCUT2D eigenvalue weighted by atomic mass is 16.6. The van der Waals surface area contributed by atoms with E-state index in [9.17, 15) is 14.9 Å². The van der Waals surface area contributed by atoms with Crippen LogP contribution in [0.5, 0.6) is 11.5 Å². The maximum atomic E-state index is 12.6. The predicted octanol–water partition coefficient (Wildman–Crippen LogP) is 3.99. The molecule has 0 spiro atoms. The number of aryl methyl sites for hydroxylation is 2. The first-order chi connectivity index (χ1) is 12.4. The highest BCUT2D eigenvalue weighted by Crippen LogP contribution is 2.32. The number of hydrogen-bond donors (Lipinski definition) is 0. The number of esters is 1. The van der Waals surface area contributed by atoms with Gasteiger partial charge in [0, 0.05) is 5.39 Å². The summed E-state index contributed by atoms with van der Waals surface area (Å²) in [4.78, 5) is 27.6. The van der Waals surface area contributed by atoms with Gasteiger partial charge >= 0.3 is 11.7 Å². The molecule has 0 bridgehead atoms. The minimum absolute atomic E-state index is 0.149. The van der Waals surface area contributed by atoms with Gasteiger partial charge in [-0.05, 0) is 44.2 Å². The van der Waals surface area contributed by atoms with Crippen molar-refractivity contribution in [1.82, 2.24) is 4.98 Å². The van der Waals surface area contributed by atoms with Gasteiger partial charge in [-0.3, -0.25) is 15.1 Å². The van der Waals surface area contributed by atoms with E-state index < -0.39 is 10.9 Å². The number of rotatable bonds is 4. The van der Waals surface area contributed by atoms with Gasteiger partial charge < -0.3 is 9.47 Å². The highest BCUT2D eigenvalue weighted by Gasteiger charge is 2.21. The van der Waals surface area contributed by atoms with Gasteiger partial charge in [0.1, 0.15) is 5.75 Å². The number of hydrogen-bond acceptors (Lipinski definition) is 6. The van der Waals surface area contributed by atoms with E-state index in [4.69, 9.17) is 9.47 Å². The lowest BCUT2D eigenvalue weighted by Crippen LogP contribution is -2.12. The number of nitro benzene ring substituents is 1. The van der Waals surface area contributed by atoms with Gasteiger partial charge in [0.15, 0.2) is 0 Å². The van der Waals surface area contributed by atoms with Crippen molar-refractivity contribution in [2.45, 2.75) is 13.8 Å². The average molecular weight is 352 g/mol. The lowest BCUT2D eigenvalue weighted by Gasteiger charge is -2.09. The van der Waals surface area contributed by atoms with Crippen molar-refractivity contribution in [2.24, 2.45) is 0 Å². The van der Waals surface area contributed by atoms with Crippen LogP contribution in [0.3, 0.4) is 0 Å². The Morgan fingerprint density at radius 1 is 1.12 bits per heavy atom. The molecule has 3 aromatic rings. The number of aromatic nitrogens is 1. The van der Waals surface area contributed by atoms with Crippen molar-refractivity contribution in [1.29, 1.82) is 0 Å². The number of nitro groups is 1. The van der Waals surface area contributed by atoms with Crippen LogP contribution in [0.2, 0.25) is 0 Å². The summed E-state index contributed by atoms with van der Waals surface area (Å²) in [6.07, 6.45) is 0. The molecule has 0 aliphatic heterocycles. The fourth-order valence-corrected chi connectivity index (χ4v) is 2.61. The Morgan fingerprint density at radius 3 is 2.58 bits per heavy atom. The zero-order valence-electron chi connectivity index (χ0n) is 14.5. The van der Waals surface area contributed by atoms with Crippen LogP contribution in [0.4, 0.5) is 5.69 Å². The summed E-state index contributed by atoms with van der Waals surface area (Å²) < 4.78 is 10.2. The molecule has 1 heterocycles. The zero-order chi connectivity index (χ0) is 18.8. The highest BCUT2D eigenvalue weighted by molar-refractivity contribution is 5.96. The number of carbonyl (C=O) groups is 1. The summed E-state index contributed by atoms with van der Waals surface area (Å²) in [5.74, 6) is -0.549. The number of methoxy groups -OCH3 is 1. The van der Waals surface area contributed by atoms with Crippen molar-refractivity contribution in [3.8, 4) is 11.5 Å². The van der Waals surface area contributed by atoms with Gasteiger partial charge in [-0.25, -0.2) is 4.79 Å². The van der Waals surface area contributed by atoms with Crippen LogP contribution < -0.4 is 9.47 Å². The number of benzene rings is 2. The molecule has 0 saturated heterocycles. The Labute approximate surface area is 149 Å². The monoisotopic (exact) mass is 352 g/mol.